The molecule has 0 aromatic carbocycles. The number of thioether (sulfide) groups is 1. The maximum atomic E-state index is 14.9. The Kier molecular flexibility index (Phi) is 66.4. The van der Waals surface area contributed by atoms with Crippen LogP contribution in [0.3, 0.4) is 0 Å². The molecule has 7 amide bonds. The second kappa shape index (κ2) is 70.0. The van der Waals surface area contributed by atoms with Crippen LogP contribution in [0.25, 0.3) is 0 Å². The molecule has 99 heavy (non-hydrogen) atoms. The highest BCUT2D eigenvalue weighted by Crippen LogP contribution is 2.12. The number of hydrogen-bond acceptors (Lipinski definition) is 29. The molecule has 578 valence electrons. The topological polar surface area (TPSA) is 412 Å². The van der Waals surface area contributed by atoms with Crippen LogP contribution in [0.5, 0.6) is 0 Å². The molecule has 0 saturated heterocycles. The van der Waals surface area contributed by atoms with Crippen molar-refractivity contribution in [3.63, 3.8) is 0 Å². The third-order valence-corrected chi connectivity index (χ3v) is 14.2. The number of carbonyl (C=O) groups excluding carboxylic acids is 9. The van der Waals surface area contributed by atoms with E-state index < -0.39 is 79.2 Å². The first-order valence-electron chi connectivity index (χ1n) is 33.5. The molecule has 0 bridgehead atoms. The Hall–Kier alpha value is -5.10. The first-order valence-corrected chi connectivity index (χ1v) is 34.7. The van der Waals surface area contributed by atoms with Gasteiger partial charge < -0.3 is 127 Å². The van der Waals surface area contributed by atoms with E-state index in [0.29, 0.717) is 126 Å². The normalized spacial score (nSPS) is 12.1. The molecule has 35 nitrogen and oxygen atoms in total. The van der Waals surface area contributed by atoms with Crippen LogP contribution in [-0.4, -0.2) is 365 Å². The minimum absolute atomic E-state index is 0.0291. The minimum Gasteiger partial charge on any atom is -0.462 e. The lowest BCUT2D eigenvalue weighted by atomic mass is 10.1. The Bertz CT molecular complexity index is 2050. The molecule has 0 aliphatic rings. The summed E-state index contributed by atoms with van der Waals surface area (Å²) in [6, 6.07) is -2.78. The fourth-order valence-corrected chi connectivity index (χ4v) is 8.87. The molecule has 0 spiro atoms. The van der Waals surface area contributed by atoms with E-state index in [9.17, 15) is 43.2 Å². The van der Waals surface area contributed by atoms with E-state index in [1.807, 2.05) is 0 Å². The number of carbonyl (C=O) groups is 9. The number of ether oxygens (including phenoxy) is 18. The van der Waals surface area contributed by atoms with Crippen LogP contribution >= 0.6 is 11.8 Å². The van der Waals surface area contributed by atoms with Crippen molar-refractivity contribution < 1.29 is 128 Å². The summed E-state index contributed by atoms with van der Waals surface area (Å²) < 4.78 is 96.3. The molecule has 0 rings (SSSR count). The molecule has 0 heterocycles. The van der Waals surface area contributed by atoms with Crippen LogP contribution in [0.4, 0.5) is 0 Å². The third-order valence-electron chi connectivity index (χ3n) is 13.0. The Balaban J connectivity index is 6.37. The lowest BCUT2D eigenvalue weighted by molar-refractivity contribution is -0.154. The molecule has 0 aromatic heterocycles. The summed E-state index contributed by atoms with van der Waals surface area (Å²) in [6.07, 6.45) is -0.967. The molecule has 0 saturated carbocycles. The monoisotopic (exact) mass is 1450 g/mol. The zero-order chi connectivity index (χ0) is 72.9. The van der Waals surface area contributed by atoms with Crippen molar-refractivity contribution in [3.05, 3.63) is 0 Å². The molecule has 3 atom stereocenters. The summed E-state index contributed by atoms with van der Waals surface area (Å²) in [5, 5.41) is 13.7. The zero-order valence-electron chi connectivity index (χ0n) is 59.5. The van der Waals surface area contributed by atoms with Crippen LogP contribution in [0.15, 0.2) is 0 Å². The van der Waals surface area contributed by atoms with Crippen LogP contribution in [0.1, 0.15) is 52.4 Å². The highest BCUT2D eigenvalue weighted by Gasteiger charge is 2.31. The van der Waals surface area contributed by atoms with Gasteiger partial charge in [-0.15, -0.1) is 0 Å². The Morgan fingerprint density at radius 2 is 0.737 bits per heavy atom. The smallest absolute Gasteiger partial charge is 0.303 e. The Morgan fingerprint density at radius 1 is 0.394 bits per heavy atom. The third kappa shape index (κ3) is 62.4. The summed E-state index contributed by atoms with van der Waals surface area (Å²) >= 11 is 1.11. The van der Waals surface area contributed by atoms with Crippen LogP contribution in [0.2, 0.25) is 0 Å². The predicted molar refractivity (Wildman–Crippen MR) is 360 cm³/mol. The summed E-state index contributed by atoms with van der Waals surface area (Å²) in [6.45, 7) is 10.5. The molecule has 0 aliphatic carbocycles. The number of nitrogens with two attached hydrogens (primary N) is 1. The highest BCUT2D eigenvalue weighted by molar-refractivity contribution is 7.99. The van der Waals surface area contributed by atoms with E-state index in [-0.39, 0.29) is 161 Å². The van der Waals surface area contributed by atoms with Crippen molar-refractivity contribution in [3.8, 4) is 0 Å². The van der Waals surface area contributed by atoms with Crippen molar-refractivity contribution in [1.29, 1.82) is 0 Å². The van der Waals surface area contributed by atoms with Gasteiger partial charge in [-0.25, -0.2) is 0 Å². The summed E-state index contributed by atoms with van der Waals surface area (Å²) in [7, 11) is 6.32. The van der Waals surface area contributed by atoms with E-state index in [1.54, 1.807) is 28.4 Å². The van der Waals surface area contributed by atoms with Crippen molar-refractivity contribution in [2.75, 3.05) is 284 Å². The second-order valence-electron chi connectivity index (χ2n) is 21.3. The predicted octanol–water partition coefficient (Wildman–Crippen LogP) is -2.73. The van der Waals surface area contributed by atoms with Gasteiger partial charge in [-0.1, -0.05) is 0 Å². The quantitative estimate of drug-likeness (QED) is 0.0266. The average Bonchev–Trinajstić information content (AvgIpc) is 0.876. The minimum atomic E-state index is -1.49. The van der Waals surface area contributed by atoms with Crippen LogP contribution in [0, 0.1) is 0 Å². The zero-order valence-corrected chi connectivity index (χ0v) is 60.3. The van der Waals surface area contributed by atoms with Crippen molar-refractivity contribution in [2.24, 2.45) is 5.73 Å². The molecular formula is C63H118N8O27S. The standard InChI is InChI=1S/C63H118N8O27S/c1-52(72)97-49-54(98-53(2)73)50-99-51-55(64)62(79)69-56(63(80)71(18-22-88-34-38-96-46-42-92-30-26-84-6)48-60(77)66-14-8-10-58(75)68-16-20-86-32-36-94-44-40-90-28-24-82-4)11-12-61(78)70(17-21-87-33-37-95-45-41-91-29-25-83-5)47-59(76)65-13-7-9-57(74)67-15-19-85-31-35-93-43-39-89-27-23-81-3/h54-56H,7-51,64H2,1-6H3,(H,65,76)(H,66,77)(H,67,74)(H,68,75)(H,69,79). The molecule has 7 N–H and O–H groups in total. The SMILES string of the molecule is COCCOCCOCCOCCNC(=O)CCCNC(=O)CN(CCOCCOCCOCCOC)C(=O)CCC(NC(=O)C(N)CSCC(COC(C)=O)OC(C)=O)C(=O)N(CCOCCOCCOCCOC)CC(=O)NCCCC(=O)NCCOCCOCCOCCOC. The number of nitrogens with zero attached hydrogens (tertiary/aromatic N) is 2. The number of methoxy groups -OCH3 is 4. The van der Waals surface area contributed by atoms with Crippen LogP contribution < -0.4 is 32.3 Å². The fourth-order valence-electron chi connectivity index (χ4n) is 7.90. The van der Waals surface area contributed by atoms with Gasteiger partial charge >= 0.3 is 11.9 Å². The summed E-state index contributed by atoms with van der Waals surface area (Å²) in [4.78, 5) is 121. The maximum absolute atomic E-state index is 14.9. The van der Waals surface area contributed by atoms with Gasteiger partial charge in [-0.2, -0.15) is 11.8 Å². The number of nitrogens with one attached hydrogen (secondary N) is 5. The molecular weight excluding hydrogens is 1330 g/mol. The van der Waals surface area contributed by atoms with Crippen molar-refractivity contribution >= 4 is 65.1 Å². The summed E-state index contributed by atoms with van der Waals surface area (Å²) in [5.74, 6) is -5.13. The lowest BCUT2D eigenvalue weighted by Crippen LogP contribution is -2.55. The molecule has 0 aromatic rings. The van der Waals surface area contributed by atoms with Gasteiger partial charge in [0.15, 0.2) is 0 Å². The highest BCUT2D eigenvalue weighted by atomic mass is 32.2. The number of rotatable bonds is 73. The van der Waals surface area contributed by atoms with E-state index in [4.69, 9.17) is 91.0 Å². The van der Waals surface area contributed by atoms with Gasteiger partial charge in [0.1, 0.15) is 18.8 Å². The van der Waals surface area contributed by atoms with Crippen LogP contribution in [-0.2, 0) is 128 Å². The van der Waals surface area contributed by atoms with Gasteiger partial charge in [-0.05, 0) is 19.3 Å². The van der Waals surface area contributed by atoms with E-state index >= 15 is 0 Å². The lowest BCUT2D eigenvalue weighted by Gasteiger charge is -2.29. The van der Waals surface area contributed by atoms with Crippen molar-refractivity contribution in [2.45, 2.75) is 70.6 Å². The second-order valence-corrected chi connectivity index (χ2v) is 22.4. The summed E-state index contributed by atoms with van der Waals surface area (Å²) in [5.41, 5.74) is 6.40. The maximum Gasteiger partial charge on any atom is 0.303 e. The van der Waals surface area contributed by atoms with E-state index in [0.717, 1.165) is 16.7 Å². The number of hydrogen-bond donors (Lipinski definition) is 6. The van der Waals surface area contributed by atoms with E-state index in [1.165, 1.54) is 18.7 Å². The van der Waals surface area contributed by atoms with Gasteiger partial charge in [-0.3, -0.25) is 43.2 Å². The van der Waals surface area contributed by atoms with Gasteiger partial charge in [0.2, 0.25) is 41.4 Å². The Labute approximate surface area is 588 Å². The largest absolute Gasteiger partial charge is 0.462 e. The van der Waals surface area contributed by atoms with E-state index in [2.05, 4.69) is 26.6 Å². The number of amides is 7. The average molecular weight is 1450 g/mol. The van der Waals surface area contributed by atoms with Crippen molar-refractivity contribution in [1.82, 2.24) is 36.4 Å². The van der Waals surface area contributed by atoms with Gasteiger partial charge in [0.25, 0.3) is 0 Å². The molecule has 0 aliphatic heterocycles. The Morgan fingerprint density at radius 3 is 1.11 bits per heavy atom. The molecule has 0 radical (unpaired) electrons. The fraction of sp³-hybridized carbons (Fsp3) is 0.857. The first kappa shape index (κ1) is 93.9. The first-order chi connectivity index (χ1) is 48.1. The number of esters is 2. The van der Waals surface area contributed by atoms with Gasteiger partial charge in [0.05, 0.1) is 204 Å². The van der Waals surface area contributed by atoms with Gasteiger partial charge in [0, 0.05) is 112 Å². The molecule has 0 fully saturated rings. The molecule has 3 unspecified atom stereocenters. The molecule has 36 heteroatoms.